The highest BCUT2D eigenvalue weighted by molar-refractivity contribution is 8.00. The largest absolute Gasteiger partial charge is 0.290 e. The zero-order chi connectivity index (χ0) is 9.10. The summed E-state index contributed by atoms with van der Waals surface area (Å²) in [5.41, 5.74) is 2.90. The van der Waals surface area contributed by atoms with Gasteiger partial charge in [0.2, 0.25) is 6.29 Å². The first-order chi connectivity index (χ1) is 6.40. The molecule has 1 radical (unpaired) electrons. The molecule has 1 aromatic rings. The van der Waals surface area contributed by atoms with Gasteiger partial charge in [-0.2, -0.15) is 0 Å². The van der Waals surface area contributed by atoms with Crippen molar-refractivity contribution >= 4 is 18.0 Å². The molecule has 0 unspecified atom stereocenters. The van der Waals surface area contributed by atoms with Gasteiger partial charge in [0.25, 0.3) is 0 Å². The Labute approximate surface area is 82.5 Å². The van der Waals surface area contributed by atoms with Crippen LogP contribution in [0.4, 0.5) is 0 Å². The summed E-state index contributed by atoms with van der Waals surface area (Å²) in [6, 6.07) is 8.52. The maximum Gasteiger partial charge on any atom is 0.209 e. The van der Waals surface area contributed by atoms with E-state index in [2.05, 4.69) is 24.3 Å². The lowest BCUT2D eigenvalue weighted by Gasteiger charge is -2.03. The maximum absolute atomic E-state index is 10.1. The Balaban J connectivity index is 2.01. The van der Waals surface area contributed by atoms with Crippen molar-refractivity contribution in [1.82, 2.24) is 0 Å². The first-order valence-corrected chi connectivity index (χ1v) is 5.48. The highest BCUT2D eigenvalue weighted by Gasteiger charge is 2.20. The first-order valence-electron chi connectivity index (χ1n) is 4.43. The fourth-order valence-corrected chi connectivity index (χ4v) is 2.69. The average molecular weight is 191 g/mol. The van der Waals surface area contributed by atoms with Crippen molar-refractivity contribution in [3.8, 4) is 0 Å². The molecule has 1 aliphatic carbocycles. The fourth-order valence-electron chi connectivity index (χ4n) is 1.79. The van der Waals surface area contributed by atoms with E-state index in [1.807, 2.05) is 6.29 Å². The van der Waals surface area contributed by atoms with Crippen LogP contribution in [0.2, 0.25) is 0 Å². The summed E-state index contributed by atoms with van der Waals surface area (Å²) in [4.78, 5) is 10.1. The van der Waals surface area contributed by atoms with E-state index in [1.165, 1.54) is 11.1 Å². The summed E-state index contributed by atoms with van der Waals surface area (Å²) in [5, 5.41) is 0.596. The van der Waals surface area contributed by atoms with Gasteiger partial charge < -0.3 is 0 Å². The van der Waals surface area contributed by atoms with Gasteiger partial charge in [-0.05, 0) is 24.0 Å². The van der Waals surface area contributed by atoms with E-state index >= 15 is 0 Å². The summed E-state index contributed by atoms with van der Waals surface area (Å²) in [7, 11) is 0. The predicted octanol–water partition coefficient (Wildman–Crippen LogP) is 2.00. The topological polar surface area (TPSA) is 17.1 Å². The Morgan fingerprint density at radius 2 is 1.92 bits per heavy atom. The third-order valence-electron chi connectivity index (χ3n) is 2.39. The molecule has 2 rings (SSSR count). The van der Waals surface area contributed by atoms with E-state index in [1.54, 1.807) is 11.8 Å². The molecular weight excluding hydrogens is 180 g/mol. The number of carbonyl (C=O) groups excluding carboxylic acids is 1. The molecule has 13 heavy (non-hydrogen) atoms. The lowest BCUT2D eigenvalue weighted by Crippen LogP contribution is -2.02. The minimum Gasteiger partial charge on any atom is -0.290 e. The Bertz CT molecular complexity index is 284. The van der Waals surface area contributed by atoms with Gasteiger partial charge in [-0.1, -0.05) is 24.3 Å². The molecule has 0 N–H and O–H groups in total. The second-order valence-corrected chi connectivity index (χ2v) is 4.54. The molecular formula is C11H11OS. The van der Waals surface area contributed by atoms with Crippen LogP contribution in [0.1, 0.15) is 11.1 Å². The summed E-state index contributed by atoms with van der Waals surface area (Å²) in [6.45, 7) is 0. The van der Waals surface area contributed by atoms with Gasteiger partial charge in [0.1, 0.15) is 0 Å². The lowest BCUT2D eigenvalue weighted by atomic mass is 10.1. The maximum atomic E-state index is 10.1. The predicted molar refractivity (Wildman–Crippen MR) is 55.8 cm³/mol. The van der Waals surface area contributed by atoms with E-state index in [0.717, 1.165) is 12.8 Å². The van der Waals surface area contributed by atoms with Gasteiger partial charge in [0, 0.05) is 5.25 Å². The molecule has 1 aliphatic rings. The average Bonchev–Trinajstić information content (AvgIpc) is 2.57. The molecule has 0 aromatic heterocycles. The number of thioether (sulfide) groups is 1. The van der Waals surface area contributed by atoms with Crippen molar-refractivity contribution in [3.05, 3.63) is 35.4 Å². The normalized spacial score (nSPS) is 15.7. The minimum atomic E-state index is 0.513. The van der Waals surface area contributed by atoms with Crippen LogP contribution in [0.3, 0.4) is 0 Å². The van der Waals surface area contributed by atoms with Crippen LogP contribution in [-0.4, -0.2) is 17.3 Å². The quantitative estimate of drug-likeness (QED) is 0.727. The van der Waals surface area contributed by atoms with Gasteiger partial charge in [-0.3, -0.25) is 4.79 Å². The van der Waals surface area contributed by atoms with Crippen molar-refractivity contribution in [1.29, 1.82) is 0 Å². The van der Waals surface area contributed by atoms with Crippen LogP contribution in [0.25, 0.3) is 0 Å². The van der Waals surface area contributed by atoms with E-state index < -0.39 is 0 Å². The van der Waals surface area contributed by atoms with Crippen LogP contribution in [-0.2, 0) is 17.6 Å². The summed E-state index contributed by atoms with van der Waals surface area (Å²) in [6.07, 6.45) is 4.16. The number of benzene rings is 1. The number of hydrogen-bond acceptors (Lipinski definition) is 2. The molecule has 0 spiro atoms. The molecule has 0 heterocycles. The zero-order valence-electron chi connectivity index (χ0n) is 7.32. The standard InChI is InChI=1S/C11H11OS/c12-5-6-13-11-7-9-3-1-2-4-10(9)8-11/h1-4,11H,6-8H2. The highest BCUT2D eigenvalue weighted by atomic mass is 32.2. The van der Waals surface area contributed by atoms with E-state index in [-0.39, 0.29) is 0 Å². The van der Waals surface area contributed by atoms with Crippen molar-refractivity contribution in [2.45, 2.75) is 18.1 Å². The van der Waals surface area contributed by atoms with Crippen LogP contribution < -0.4 is 0 Å². The fraction of sp³-hybridized carbons (Fsp3) is 0.364. The van der Waals surface area contributed by atoms with E-state index in [0.29, 0.717) is 11.0 Å². The monoisotopic (exact) mass is 191 g/mol. The third kappa shape index (κ3) is 1.94. The second kappa shape index (κ2) is 3.97. The minimum absolute atomic E-state index is 0.513. The number of rotatable bonds is 3. The van der Waals surface area contributed by atoms with Gasteiger partial charge >= 0.3 is 0 Å². The summed E-state index contributed by atoms with van der Waals surface area (Å²) in [5.74, 6) is 0.513. The molecule has 0 saturated heterocycles. The summed E-state index contributed by atoms with van der Waals surface area (Å²) < 4.78 is 0. The molecule has 2 heteroatoms. The van der Waals surface area contributed by atoms with Crippen molar-refractivity contribution < 1.29 is 4.79 Å². The van der Waals surface area contributed by atoms with Crippen LogP contribution >= 0.6 is 11.8 Å². The van der Waals surface area contributed by atoms with Crippen molar-refractivity contribution in [3.63, 3.8) is 0 Å². The van der Waals surface area contributed by atoms with Gasteiger partial charge in [0.05, 0.1) is 5.75 Å². The first kappa shape index (κ1) is 8.82. The number of fused-ring (bicyclic) bond motifs is 1. The lowest BCUT2D eigenvalue weighted by molar-refractivity contribution is 0.560. The smallest absolute Gasteiger partial charge is 0.209 e. The Hall–Kier alpha value is -0.760. The van der Waals surface area contributed by atoms with Crippen molar-refractivity contribution in [2.75, 3.05) is 5.75 Å². The molecule has 1 aromatic carbocycles. The van der Waals surface area contributed by atoms with Gasteiger partial charge in [-0.25, -0.2) is 0 Å². The van der Waals surface area contributed by atoms with E-state index in [4.69, 9.17) is 0 Å². The highest BCUT2D eigenvalue weighted by Crippen LogP contribution is 2.29. The Morgan fingerprint density at radius 1 is 1.31 bits per heavy atom. The zero-order valence-corrected chi connectivity index (χ0v) is 8.14. The van der Waals surface area contributed by atoms with Crippen molar-refractivity contribution in [2.24, 2.45) is 0 Å². The second-order valence-electron chi connectivity index (χ2n) is 3.25. The van der Waals surface area contributed by atoms with Crippen LogP contribution in [0, 0.1) is 0 Å². The molecule has 0 amide bonds. The van der Waals surface area contributed by atoms with E-state index in [9.17, 15) is 4.79 Å². The summed E-state index contributed by atoms with van der Waals surface area (Å²) >= 11 is 1.72. The Morgan fingerprint density at radius 3 is 2.46 bits per heavy atom. The number of hydrogen-bond donors (Lipinski definition) is 0. The third-order valence-corrected chi connectivity index (χ3v) is 3.48. The SMILES string of the molecule is O=[C]CSC1Cc2ccccc2C1. The van der Waals surface area contributed by atoms with Gasteiger partial charge in [-0.15, -0.1) is 11.8 Å². The Kier molecular flexibility index (Phi) is 2.69. The van der Waals surface area contributed by atoms with Gasteiger partial charge in [0.15, 0.2) is 0 Å². The van der Waals surface area contributed by atoms with Crippen LogP contribution in [0.5, 0.6) is 0 Å². The molecule has 0 bridgehead atoms. The molecule has 67 valence electrons. The van der Waals surface area contributed by atoms with Crippen LogP contribution in [0.15, 0.2) is 24.3 Å². The molecule has 0 fully saturated rings. The molecule has 0 saturated carbocycles. The molecule has 0 aliphatic heterocycles. The molecule has 0 atom stereocenters. The molecule has 1 nitrogen and oxygen atoms in total.